The van der Waals surface area contributed by atoms with Crippen LogP contribution >= 0.6 is 0 Å². The van der Waals surface area contributed by atoms with Gasteiger partial charge in [-0.05, 0) is 49.4 Å². The lowest BCUT2D eigenvalue weighted by Crippen LogP contribution is -2.46. The number of benzene rings is 1. The molecule has 1 aromatic carbocycles. The van der Waals surface area contributed by atoms with E-state index in [2.05, 4.69) is 10.3 Å². The first kappa shape index (κ1) is 18.7. The Bertz CT molecular complexity index is 916. The van der Waals surface area contributed by atoms with E-state index in [1.807, 2.05) is 30.0 Å². The number of fused-ring (bicyclic) bond motifs is 1. The van der Waals surface area contributed by atoms with Gasteiger partial charge >= 0.3 is 0 Å². The Labute approximate surface area is 164 Å². The molecule has 1 amide bonds. The van der Waals surface area contributed by atoms with Gasteiger partial charge in [-0.15, -0.1) is 0 Å². The molecule has 7 nitrogen and oxygen atoms in total. The van der Waals surface area contributed by atoms with E-state index in [4.69, 9.17) is 4.74 Å². The maximum atomic E-state index is 12.7. The molecule has 0 saturated carbocycles. The summed E-state index contributed by atoms with van der Waals surface area (Å²) in [5, 5.41) is 3.15. The van der Waals surface area contributed by atoms with E-state index in [1.165, 1.54) is 11.1 Å². The number of rotatable bonds is 4. The highest BCUT2D eigenvalue weighted by molar-refractivity contribution is 5.94. The minimum absolute atomic E-state index is 0.0288. The number of nitrogens with zero attached hydrogens (tertiary/aromatic N) is 3. The summed E-state index contributed by atoms with van der Waals surface area (Å²) in [6.45, 7) is 5.34. The zero-order valence-electron chi connectivity index (χ0n) is 16.2. The Morgan fingerprint density at radius 1 is 1.29 bits per heavy atom. The van der Waals surface area contributed by atoms with Gasteiger partial charge in [0.05, 0.1) is 13.2 Å². The fraction of sp³-hybridized carbons (Fsp3) is 0.476. The van der Waals surface area contributed by atoms with E-state index in [0.717, 1.165) is 19.3 Å². The summed E-state index contributed by atoms with van der Waals surface area (Å²) >= 11 is 0. The molecule has 0 aliphatic carbocycles. The summed E-state index contributed by atoms with van der Waals surface area (Å²) in [4.78, 5) is 31.4. The van der Waals surface area contributed by atoms with Gasteiger partial charge in [0.15, 0.2) is 5.82 Å². The number of nitrogens with one attached hydrogen (secondary N) is 1. The van der Waals surface area contributed by atoms with Crippen molar-refractivity contribution in [2.45, 2.75) is 45.4 Å². The molecule has 4 rings (SSSR count). The molecule has 3 heterocycles. The highest BCUT2D eigenvalue weighted by Gasteiger charge is 2.24. The topological polar surface area (TPSA) is 76.5 Å². The third kappa shape index (κ3) is 3.80. The van der Waals surface area contributed by atoms with Crippen molar-refractivity contribution >= 4 is 11.7 Å². The van der Waals surface area contributed by atoms with Crippen molar-refractivity contribution in [1.82, 2.24) is 14.9 Å². The van der Waals surface area contributed by atoms with Gasteiger partial charge in [0.1, 0.15) is 0 Å². The van der Waals surface area contributed by atoms with Crippen LogP contribution in [0.25, 0.3) is 0 Å². The van der Waals surface area contributed by atoms with E-state index < -0.39 is 0 Å². The first-order valence-corrected chi connectivity index (χ1v) is 9.96. The Kier molecular flexibility index (Phi) is 5.43. The van der Waals surface area contributed by atoms with E-state index in [0.29, 0.717) is 44.2 Å². The van der Waals surface area contributed by atoms with Gasteiger partial charge in [-0.3, -0.25) is 9.59 Å². The second kappa shape index (κ2) is 8.14. The highest BCUT2D eigenvalue weighted by atomic mass is 16.5. The third-order valence-electron chi connectivity index (χ3n) is 5.61. The van der Waals surface area contributed by atoms with Crippen molar-refractivity contribution < 1.29 is 9.53 Å². The van der Waals surface area contributed by atoms with Gasteiger partial charge in [0.25, 0.3) is 11.5 Å². The van der Waals surface area contributed by atoms with E-state index in [1.54, 1.807) is 17.0 Å². The monoisotopic (exact) mass is 382 g/mol. The predicted octanol–water partition coefficient (Wildman–Crippen LogP) is 1.73. The van der Waals surface area contributed by atoms with Gasteiger partial charge in [0, 0.05) is 43.6 Å². The number of aromatic nitrogens is 2. The summed E-state index contributed by atoms with van der Waals surface area (Å²) < 4.78 is 7.12. The molecule has 148 valence electrons. The number of ether oxygens (including phenoxy) is 1. The summed E-state index contributed by atoms with van der Waals surface area (Å²) in [5.41, 5.74) is 3.03. The van der Waals surface area contributed by atoms with E-state index >= 15 is 0 Å². The second-order valence-electron chi connectivity index (χ2n) is 7.36. The number of amides is 1. The van der Waals surface area contributed by atoms with Crippen LogP contribution in [0.3, 0.4) is 0 Å². The van der Waals surface area contributed by atoms with Gasteiger partial charge in [0.2, 0.25) is 0 Å². The number of carbonyl (C=O) groups excluding carboxylic acids is 1. The van der Waals surface area contributed by atoms with Crippen LogP contribution < -0.4 is 15.8 Å². The maximum Gasteiger partial charge on any atom is 0.293 e. The van der Waals surface area contributed by atoms with Gasteiger partial charge in [-0.25, -0.2) is 4.98 Å². The lowest BCUT2D eigenvalue weighted by molar-refractivity contribution is 0.0929. The number of hydrogen-bond acceptors (Lipinski definition) is 5. The van der Waals surface area contributed by atoms with Crippen LogP contribution in [0.2, 0.25) is 0 Å². The van der Waals surface area contributed by atoms with Crippen molar-refractivity contribution in [2.24, 2.45) is 0 Å². The van der Waals surface area contributed by atoms with Crippen molar-refractivity contribution in [1.29, 1.82) is 0 Å². The molecule has 0 atom stereocenters. The molecule has 2 aliphatic rings. The largest absolute Gasteiger partial charge is 0.376 e. The quantitative estimate of drug-likeness (QED) is 0.872. The van der Waals surface area contributed by atoms with Crippen molar-refractivity contribution in [3.63, 3.8) is 0 Å². The normalized spacial score (nSPS) is 17.2. The number of aryl methyl sites for hydroxylation is 1. The molecule has 2 aromatic rings. The molecule has 1 N–H and O–H groups in total. The molecule has 1 fully saturated rings. The Hall–Kier alpha value is -2.67. The molecule has 0 unspecified atom stereocenters. The average molecular weight is 382 g/mol. The molecule has 0 radical (unpaired) electrons. The number of piperidine rings is 1. The van der Waals surface area contributed by atoms with Crippen LogP contribution in [0.1, 0.15) is 41.3 Å². The second-order valence-corrected chi connectivity index (χ2v) is 7.36. The summed E-state index contributed by atoms with van der Waals surface area (Å²) in [6.07, 6.45) is 5.84. The minimum Gasteiger partial charge on any atom is -0.376 e. The van der Waals surface area contributed by atoms with Gasteiger partial charge < -0.3 is 19.5 Å². The Balaban J connectivity index is 1.37. The standard InChI is InChI=1S/C21H26N4O3/c1-2-24-11-8-22-19(21(24)27)25-9-5-18(6-10-25)23-20(26)16-3-4-17-14-28-12-7-15(17)13-16/h3-4,8,11,13,18H,2,5-7,9-10,12,14H2,1H3,(H,23,26). The summed E-state index contributed by atoms with van der Waals surface area (Å²) in [5.74, 6) is 0.477. The molecule has 1 aromatic heterocycles. The molecule has 1 saturated heterocycles. The van der Waals surface area contributed by atoms with Crippen molar-refractivity contribution in [2.75, 3.05) is 24.6 Å². The fourth-order valence-electron chi connectivity index (χ4n) is 3.91. The number of hydrogen-bond donors (Lipinski definition) is 1. The van der Waals surface area contributed by atoms with Crippen LogP contribution in [0.15, 0.2) is 35.4 Å². The molecule has 7 heteroatoms. The first-order chi connectivity index (χ1) is 13.7. The smallest absolute Gasteiger partial charge is 0.293 e. The van der Waals surface area contributed by atoms with Crippen LogP contribution in [-0.4, -0.2) is 41.2 Å². The Morgan fingerprint density at radius 3 is 2.89 bits per heavy atom. The molecular weight excluding hydrogens is 356 g/mol. The minimum atomic E-state index is -0.0504. The van der Waals surface area contributed by atoms with Gasteiger partial charge in [-0.2, -0.15) is 0 Å². The zero-order chi connectivity index (χ0) is 19.5. The lowest BCUT2D eigenvalue weighted by atomic mass is 9.99. The first-order valence-electron chi connectivity index (χ1n) is 9.96. The van der Waals surface area contributed by atoms with E-state index in [9.17, 15) is 9.59 Å². The maximum absolute atomic E-state index is 12.7. The van der Waals surface area contributed by atoms with Crippen LogP contribution in [0.4, 0.5) is 5.82 Å². The van der Waals surface area contributed by atoms with Crippen LogP contribution in [-0.2, 0) is 24.3 Å². The zero-order valence-corrected chi connectivity index (χ0v) is 16.2. The number of anilines is 1. The molecule has 2 aliphatic heterocycles. The highest BCUT2D eigenvalue weighted by Crippen LogP contribution is 2.19. The van der Waals surface area contributed by atoms with E-state index in [-0.39, 0.29) is 17.5 Å². The average Bonchev–Trinajstić information content (AvgIpc) is 2.74. The predicted molar refractivity (Wildman–Crippen MR) is 107 cm³/mol. The molecule has 28 heavy (non-hydrogen) atoms. The number of carbonyl (C=O) groups is 1. The molecule has 0 bridgehead atoms. The fourth-order valence-corrected chi connectivity index (χ4v) is 3.91. The van der Waals surface area contributed by atoms with Crippen LogP contribution in [0.5, 0.6) is 0 Å². The summed E-state index contributed by atoms with van der Waals surface area (Å²) in [7, 11) is 0. The third-order valence-corrected chi connectivity index (χ3v) is 5.61. The molecule has 0 spiro atoms. The van der Waals surface area contributed by atoms with Crippen LogP contribution in [0, 0.1) is 0 Å². The molecular formula is C21H26N4O3. The van der Waals surface area contributed by atoms with Crippen molar-refractivity contribution in [3.8, 4) is 0 Å². The Morgan fingerprint density at radius 2 is 2.11 bits per heavy atom. The van der Waals surface area contributed by atoms with Crippen molar-refractivity contribution in [3.05, 3.63) is 57.6 Å². The summed E-state index contributed by atoms with van der Waals surface area (Å²) in [6, 6.07) is 5.97. The SMILES string of the molecule is CCn1ccnc(N2CCC(NC(=O)c3ccc4c(c3)CCOC4)CC2)c1=O. The lowest BCUT2D eigenvalue weighted by Gasteiger charge is -2.32. The van der Waals surface area contributed by atoms with Gasteiger partial charge in [-0.1, -0.05) is 6.07 Å².